The van der Waals surface area contributed by atoms with Gasteiger partial charge in [0.15, 0.2) is 6.04 Å². The number of amides is 1. The van der Waals surface area contributed by atoms with Crippen LogP contribution in [0.5, 0.6) is 0 Å². The third-order valence-electron chi connectivity index (χ3n) is 2.68. The van der Waals surface area contributed by atoms with Crippen molar-refractivity contribution in [3.8, 4) is 0 Å². The number of carbonyl (C=O) groups is 3. The Bertz CT molecular complexity index is 497. The van der Waals surface area contributed by atoms with Crippen LogP contribution in [-0.4, -0.2) is 64.9 Å². The van der Waals surface area contributed by atoms with Gasteiger partial charge in [-0.05, 0) is 6.42 Å². The smallest absolute Gasteiger partial charge is 0.472 e. The van der Waals surface area contributed by atoms with E-state index < -0.39 is 57.6 Å². The topological polar surface area (TPSA) is 169 Å². The Labute approximate surface area is 144 Å². The molecule has 0 aliphatic rings. The number of hydrogen-bond acceptors (Lipinski definition) is 8. The summed E-state index contributed by atoms with van der Waals surface area (Å²) < 4.78 is 25.3. The Morgan fingerprint density at radius 1 is 1.16 bits per heavy atom. The van der Waals surface area contributed by atoms with E-state index >= 15 is 0 Å². The molecule has 25 heavy (non-hydrogen) atoms. The molecule has 0 aromatic carbocycles. The fourth-order valence-electron chi connectivity index (χ4n) is 1.44. The predicted octanol–water partition coefficient (Wildman–Crippen LogP) is -0.196. The third kappa shape index (κ3) is 12.5. The van der Waals surface area contributed by atoms with Crippen molar-refractivity contribution < 1.29 is 47.8 Å². The molecule has 0 aromatic heterocycles. The van der Waals surface area contributed by atoms with E-state index in [0.29, 0.717) is 6.42 Å². The van der Waals surface area contributed by atoms with Crippen LogP contribution in [0.2, 0.25) is 0 Å². The van der Waals surface area contributed by atoms with E-state index in [1.165, 1.54) is 0 Å². The summed E-state index contributed by atoms with van der Waals surface area (Å²) in [7, 11) is -4.66. The second-order valence-electron chi connectivity index (χ2n) is 5.09. The number of rotatable bonds is 13. The summed E-state index contributed by atoms with van der Waals surface area (Å²) in [5.74, 6) is -2.64. The molecular formula is C13H24NO10P. The molecule has 0 aliphatic heterocycles. The fourth-order valence-corrected chi connectivity index (χ4v) is 2.21. The maximum Gasteiger partial charge on any atom is 0.472 e. The number of hydrogen-bond donors (Lipinski definition) is 4. The van der Waals surface area contributed by atoms with Crippen LogP contribution in [0.3, 0.4) is 0 Å². The minimum atomic E-state index is -4.66. The molecule has 1 amide bonds. The first-order chi connectivity index (χ1) is 11.6. The molecule has 3 atom stereocenters. The summed E-state index contributed by atoms with van der Waals surface area (Å²) in [6.45, 7) is 1.06. The van der Waals surface area contributed by atoms with Crippen LogP contribution in [0.1, 0.15) is 33.1 Å². The Morgan fingerprint density at radius 3 is 2.28 bits per heavy atom. The summed E-state index contributed by atoms with van der Waals surface area (Å²) in [5, 5.41) is 20.4. The highest BCUT2D eigenvalue weighted by atomic mass is 31.2. The number of aliphatic carboxylic acids is 1. The highest BCUT2D eigenvalue weighted by Crippen LogP contribution is 2.43. The molecule has 0 heterocycles. The van der Waals surface area contributed by atoms with Crippen molar-refractivity contribution in [1.29, 1.82) is 0 Å². The van der Waals surface area contributed by atoms with Gasteiger partial charge in [0.1, 0.15) is 12.7 Å². The van der Waals surface area contributed by atoms with Crippen molar-refractivity contribution in [2.24, 2.45) is 0 Å². The zero-order valence-corrected chi connectivity index (χ0v) is 14.9. The Kier molecular flexibility index (Phi) is 11.2. The molecule has 146 valence electrons. The third-order valence-corrected chi connectivity index (χ3v) is 3.63. The van der Waals surface area contributed by atoms with Crippen LogP contribution in [0.4, 0.5) is 0 Å². The van der Waals surface area contributed by atoms with E-state index in [9.17, 15) is 28.9 Å². The molecule has 4 N–H and O–H groups in total. The predicted molar refractivity (Wildman–Crippen MR) is 83.5 cm³/mol. The first-order valence-electron chi connectivity index (χ1n) is 7.52. The van der Waals surface area contributed by atoms with Gasteiger partial charge in [-0.1, -0.05) is 13.3 Å². The highest BCUT2D eigenvalue weighted by Gasteiger charge is 2.28. The zero-order valence-electron chi connectivity index (χ0n) is 14.0. The molecule has 0 aliphatic carbocycles. The molecule has 12 heteroatoms. The van der Waals surface area contributed by atoms with Gasteiger partial charge in [-0.25, -0.2) is 9.36 Å². The fraction of sp³-hybridized carbons (Fsp3) is 0.769. The minimum Gasteiger partial charge on any atom is -0.480 e. The van der Waals surface area contributed by atoms with E-state index in [-0.39, 0.29) is 6.42 Å². The maximum absolute atomic E-state index is 11.6. The molecule has 0 saturated heterocycles. The Morgan fingerprint density at radius 2 is 1.76 bits per heavy atom. The number of esters is 1. The van der Waals surface area contributed by atoms with Crippen molar-refractivity contribution in [2.45, 2.75) is 45.3 Å². The number of aliphatic hydroxyl groups excluding tert-OH is 1. The van der Waals surface area contributed by atoms with Gasteiger partial charge in [-0.2, -0.15) is 0 Å². The highest BCUT2D eigenvalue weighted by molar-refractivity contribution is 7.47. The second kappa shape index (κ2) is 11.9. The Hall–Kier alpha value is -1.52. The molecule has 0 rings (SSSR count). The lowest BCUT2D eigenvalue weighted by Gasteiger charge is -2.18. The van der Waals surface area contributed by atoms with E-state index in [2.05, 4.69) is 9.05 Å². The van der Waals surface area contributed by atoms with Crippen molar-refractivity contribution in [2.75, 3.05) is 19.8 Å². The molecule has 0 bridgehead atoms. The van der Waals surface area contributed by atoms with Crippen LogP contribution >= 0.6 is 7.82 Å². The quantitative estimate of drug-likeness (QED) is 0.246. The molecule has 3 unspecified atom stereocenters. The Balaban J connectivity index is 4.21. The first-order valence-corrected chi connectivity index (χ1v) is 9.02. The summed E-state index contributed by atoms with van der Waals surface area (Å²) in [6.07, 6.45) is 0.289. The van der Waals surface area contributed by atoms with Gasteiger partial charge >= 0.3 is 19.8 Å². The number of nitrogens with one attached hydrogen (secondary N) is 1. The number of aliphatic hydroxyl groups is 1. The average Bonchev–Trinajstić information content (AvgIpc) is 2.52. The first kappa shape index (κ1) is 23.5. The zero-order chi connectivity index (χ0) is 19.5. The number of unbranched alkanes of at least 4 members (excludes halogenated alkanes) is 1. The average molecular weight is 385 g/mol. The number of ether oxygens (including phenoxy) is 1. The van der Waals surface area contributed by atoms with Crippen LogP contribution in [0, 0.1) is 0 Å². The van der Waals surface area contributed by atoms with Crippen molar-refractivity contribution in [3.63, 3.8) is 0 Å². The van der Waals surface area contributed by atoms with Gasteiger partial charge in [-0.15, -0.1) is 0 Å². The van der Waals surface area contributed by atoms with Crippen LogP contribution in [0.25, 0.3) is 0 Å². The van der Waals surface area contributed by atoms with Gasteiger partial charge in [0.05, 0.1) is 13.2 Å². The summed E-state index contributed by atoms with van der Waals surface area (Å²) >= 11 is 0. The minimum absolute atomic E-state index is 0.200. The summed E-state index contributed by atoms with van der Waals surface area (Å²) in [6, 6.07) is -1.54. The number of phosphoric acid groups is 1. The molecule has 11 nitrogen and oxygen atoms in total. The molecule has 0 saturated carbocycles. The van der Waals surface area contributed by atoms with Gasteiger partial charge in [0.2, 0.25) is 5.91 Å². The molecule has 0 spiro atoms. The van der Waals surface area contributed by atoms with Crippen LogP contribution in [0.15, 0.2) is 0 Å². The van der Waals surface area contributed by atoms with E-state index in [1.807, 2.05) is 12.2 Å². The number of carboxylic acid groups (broad SMARTS) is 1. The second-order valence-corrected chi connectivity index (χ2v) is 6.55. The van der Waals surface area contributed by atoms with Gasteiger partial charge < -0.3 is 25.2 Å². The SMILES string of the molecule is CCCCC(=O)OCC(O)COP(=O)(O)OCC(NC(C)=O)C(=O)O. The van der Waals surface area contributed by atoms with Crippen molar-refractivity contribution in [1.82, 2.24) is 5.32 Å². The lowest BCUT2D eigenvalue weighted by Crippen LogP contribution is -2.42. The largest absolute Gasteiger partial charge is 0.480 e. The lowest BCUT2D eigenvalue weighted by atomic mass is 10.2. The van der Waals surface area contributed by atoms with E-state index in [1.54, 1.807) is 0 Å². The van der Waals surface area contributed by atoms with Gasteiger partial charge in [0.25, 0.3) is 0 Å². The van der Waals surface area contributed by atoms with E-state index in [4.69, 9.17) is 9.84 Å². The van der Waals surface area contributed by atoms with Gasteiger partial charge in [-0.3, -0.25) is 18.6 Å². The summed E-state index contributed by atoms with van der Waals surface area (Å²) in [5.41, 5.74) is 0. The van der Waals surface area contributed by atoms with Crippen molar-refractivity contribution in [3.05, 3.63) is 0 Å². The normalized spacial score (nSPS) is 15.7. The lowest BCUT2D eigenvalue weighted by molar-refractivity contribution is -0.147. The number of carbonyl (C=O) groups excluding carboxylic acids is 2. The molecule has 0 radical (unpaired) electrons. The molecule has 0 aromatic rings. The monoisotopic (exact) mass is 385 g/mol. The molecule has 0 fully saturated rings. The van der Waals surface area contributed by atoms with Crippen LogP contribution < -0.4 is 5.32 Å². The van der Waals surface area contributed by atoms with Gasteiger partial charge in [0, 0.05) is 13.3 Å². The standard InChI is InChI=1S/C13H24NO10P/c1-3-4-5-12(17)22-6-10(16)7-23-25(20,21)24-8-11(13(18)19)14-9(2)15/h10-11,16H,3-8H2,1-2H3,(H,14,15)(H,18,19)(H,20,21). The van der Waals surface area contributed by atoms with E-state index in [0.717, 1.165) is 13.3 Å². The maximum atomic E-state index is 11.6. The van der Waals surface area contributed by atoms with Crippen molar-refractivity contribution >= 4 is 25.7 Å². The van der Waals surface area contributed by atoms with Crippen LogP contribution in [-0.2, 0) is 32.7 Å². The number of phosphoric ester groups is 1. The summed E-state index contributed by atoms with van der Waals surface area (Å²) in [4.78, 5) is 42.3. The number of carboxylic acids is 1. The molecular weight excluding hydrogens is 361 g/mol.